The predicted molar refractivity (Wildman–Crippen MR) is 119 cm³/mol. The number of likely N-dealkylation sites (tertiary alicyclic amines) is 1. The maximum Gasteiger partial charge on any atom is 0.247 e. The molecular weight excluding hydrogens is 422 g/mol. The van der Waals surface area contributed by atoms with Gasteiger partial charge in [-0.05, 0) is 42.0 Å². The second-order valence-corrected chi connectivity index (χ2v) is 9.92. The summed E-state index contributed by atoms with van der Waals surface area (Å²) in [5, 5.41) is 4.78. The van der Waals surface area contributed by atoms with Crippen LogP contribution >= 0.6 is 11.3 Å². The zero-order valence-electron chi connectivity index (χ0n) is 16.5. The fourth-order valence-corrected chi connectivity index (χ4v) is 5.17. The van der Waals surface area contributed by atoms with E-state index in [2.05, 4.69) is 16.6 Å². The van der Waals surface area contributed by atoms with E-state index in [0.29, 0.717) is 30.6 Å². The third-order valence-corrected chi connectivity index (χ3v) is 7.00. The molecule has 7 nitrogen and oxygen atoms in total. The van der Waals surface area contributed by atoms with Crippen LogP contribution in [0.15, 0.2) is 54.4 Å². The van der Waals surface area contributed by atoms with E-state index >= 15 is 0 Å². The van der Waals surface area contributed by atoms with Crippen LogP contribution in [0.25, 0.3) is 0 Å². The molecule has 2 aromatic rings. The van der Waals surface area contributed by atoms with Crippen LogP contribution in [0.2, 0.25) is 0 Å². The Morgan fingerprint density at radius 1 is 1.23 bits per heavy atom. The largest absolute Gasteiger partial charge is 0.330 e. The molecule has 2 amide bonds. The highest BCUT2D eigenvalue weighted by atomic mass is 32.2. The average molecular weight is 448 g/mol. The SMILES string of the molecule is C=CCNS(=O)(=O)Cc1ccc(NC(=O)C2CCCN2C(=O)Cc2cccs2)cc1. The van der Waals surface area contributed by atoms with E-state index in [-0.39, 0.29) is 24.1 Å². The van der Waals surface area contributed by atoms with Gasteiger partial charge in [-0.25, -0.2) is 13.1 Å². The van der Waals surface area contributed by atoms with E-state index in [4.69, 9.17) is 0 Å². The van der Waals surface area contributed by atoms with Crippen LogP contribution in [-0.4, -0.2) is 44.3 Å². The van der Waals surface area contributed by atoms with E-state index in [1.165, 1.54) is 17.4 Å². The van der Waals surface area contributed by atoms with Gasteiger partial charge in [0, 0.05) is 23.7 Å². The van der Waals surface area contributed by atoms with E-state index in [1.54, 1.807) is 29.2 Å². The van der Waals surface area contributed by atoms with Gasteiger partial charge in [0.2, 0.25) is 21.8 Å². The van der Waals surface area contributed by atoms with Gasteiger partial charge in [-0.2, -0.15) is 0 Å². The number of carbonyl (C=O) groups excluding carboxylic acids is 2. The lowest BCUT2D eigenvalue weighted by Crippen LogP contribution is -2.43. The zero-order chi connectivity index (χ0) is 21.6. The van der Waals surface area contributed by atoms with Crippen molar-refractivity contribution in [3.8, 4) is 0 Å². The number of sulfonamides is 1. The van der Waals surface area contributed by atoms with Gasteiger partial charge < -0.3 is 10.2 Å². The smallest absolute Gasteiger partial charge is 0.247 e. The molecule has 30 heavy (non-hydrogen) atoms. The van der Waals surface area contributed by atoms with Gasteiger partial charge in [-0.1, -0.05) is 24.3 Å². The fourth-order valence-electron chi connectivity index (χ4n) is 3.37. The van der Waals surface area contributed by atoms with Crippen LogP contribution in [0.1, 0.15) is 23.3 Å². The Bertz CT molecular complexity index is 986. The maximum atomic E-state index is 12.7. The molecule has 0 spiro atoms. The second kappa shape index (κ2) is 10.0. The van der Waals surface area contributed by atoms with Crippen molar-refractivity contribution in [1.82, 2.24) is 9.62 Å². The van der Waals surface area contributed by atoms with E-state index < -0.39 is 16.1 Å². The topological polar surface area (TPSA) is 95.6 Å². The van der Waals surface area contributed by atoms with Crippen molar-refractivity contribution < 1.29 is 18.0 Å². The third kappa shape index (κ3) is 6.01. The molecule has 9 heteroatoms. The number of hydrogen-bond donors (Lipinski definition) is 2. The Balaban J connectivity index is 1.58. The minimum absolute atomic E-state index is 0.0392. The molecule has 1 unspecified atom stereocenters. The Labute approximate surface area is 180 Å². The lowest BCUT2D eigenvalue weighted by Gasteiger charge is -2.24. The normalized spacial score (nSPS) is 16.4. The number of nitrogens with zero attached hydrogens (tertiary/aromatic N) is 1. The number of benzene rings is 1. The quantitative estimate of drug-likeness (QED) is 0.578. The molecule has 3 rings (SSSR count). The lowest BCUT2D eigenvalue weighted by atomic mass is 10.1. The van der Waals surface area contributed by atoms with Crippen molar-refractivity contribution in [2.45, 2.75) is 31.1 Å². The fraction of sp³-hybridized carbons (Fsp3) is 0.333. The lowest BCUT2D eigenvalue weighted by molar-refractivity contribution is -0.136. The first kappa shape index (κ1) is 22.2. The monoisotopic (exact) mass is 447 g/mol. The van der Waals surface area contributed by atoms with Crippen LogP contribution in [0, 0.1) is 0 Å². The van der Waals surface area contributed by atoms with Gasteiger partial charge in [0.05, 0.1) is 12.2 Å². The van der Waals surface area contributed by atoms with Gasteiger partial charge in [-0.3, -0.25) is 9.59 Å². The molecule has 1 fully saturated rings. The number of thiophene rings is 1. The molecule has 2 heterocycles. The summed E-state index contributed by atoms with van der Waals surface area (Å²) in [5.41, 5.74) is 1.18. The molecule has 1 aliphatic heterocycles. The molecule has 1 aromatic heterocycles. The van der Waals surface area contributed by atoms with Crippen molar-refractivity contribution >= 4 is 38.9 Å². The Kier molecular flexibility index (Phi) is 7.41. The summed E-state index contributed by atoms with van der Waals surface area (Å²) in [6.45, 7) is 4.25. The first-order chi connectivity index (χ1) is 14.4. The summed E-state index contributed by atoms with van der Waals surface area (Å²) < 4.78 is 26.3. The minimum Gasteiger partial charge on any atom is -0.330 e. The number of carbonyl (C=O) groups is 2. The molecule has 2 N–H and O–H groups in total. The van der Waals surface area contributed by atoms with Crippen molar-refractivity contribution in [1.29, 1.82) is 0 Å². The molecule has 1 saturated heterocycles. The van der Waals surface area contributed by atoms with Crippen molar-refractivity contribution in [2.24, 2.45) is 0 Å². The van der Waals surface area contributed by atoms with Crippen LogP contribution in [0.4, 0.5) is 5.69 Å². The van der Waals surface area contributed by atoms with Crippen molar-refractivity contribution in [3.63, 3.8) is 0 Å². The summed E-state index contributed by atoms with van der Waals surface area (Å²) in [6.07, 6.45) is 3.22. The molecule has 1 aromatic carbocycles. The minimum atomic E-state index is -3.44. The van der Waals surface area contributed by atoms with Crippen LogP contribution in [0.5, 0.6) is 0 Å². The molecule has 0 bridgehead atoms. The zero-order valence-corrected chi connectivity index (χ0v) is 18.2. The van der Waals surface area contributed by atoms with E-state index in [0.717, 1.165) is 11.3 Å². The van der Waals surface area contributed by atoms with Gasteiger partial charge in [0.1, 0.15) is 6.04 Å². The first-order valence-corrected chi connectivity index (χ1v) is 12.2. The summed E-state index contributed by atoms with van der Waals surface area (Å²) in [5.74, 6) is -0.411. The third-order valence-electron chi connectivity index (χ3n) is 4.81. The van der Waals surface area contributed by atoms with E-state index in [9.17, 15) is 18.0 Å². The summed E-state index contributed by atoms with van der Waals surface area (Å²) in [6, 6.07) is 10.0. The standard InChI is InChI=1S/C21H25N3O4S2/c1-2-11-22-30(27,28)15-16-7-9-17(10-8-16)23-21(26)19-6-3-12-24(19)20(25)14-18-5-4-13-29-18/h2,4-5,7-10,13,19,22H,1,3,6,11-12,14-15H2,(H,23,26). The number of rotatable bonds is 9. The number of hydrogen-bond acceptors (Lipinski definition) is 5. The predicted octanol–water partition coefficient (Wildman–Crippen LogP) is 2.53. The summed E-state index contributed by atoms with van der Waals surface area (Å²) in [4.78, 5) is 28.0. The molecule has 1 atom stereocenters. The van der Waals surface area contributed by atoms with Crippen LogP contribution in [0.3, 0.4) is 0 Å². The molecule has 160 valence electrons. The van der Waals surface area contributed by atoms with Crippen LogP contribution < -0.4 is 10.0 Å². The van der Waals surface area contributed by atoms with Crippen molar-refractivity contribution in [3.05, 3.63) is 64.9 Å². The Morgan fingerprint density at radius 2 is 2.00 bits per heavy atom. The molecule has 0 radical (unpaired) electrons. The molecule has 0 saturated carbocycles. The van der Waals surface area contributed by atoms with E-state index in [1.807, 2.05) is 17.5 Å². The summed E-state index contributed by atoms with van der Waals surface area (Å²) >= 11 is 1.53. The average Bonchev–Trinajstić information content (AvgIpc) is 3.39. The second-order valence-electron chi connectivity index (χ2n) is 7.08. The van der Waals surface area contributed by atoms with Gasteiger partial charge >= 0.3 is 0 Å². The Hall–Kier alpha value is -2.49. The Morgan fingerprint density at radius 3 is 2.67 bits per heavy atom. The highest BCUT2D eigenvalue weighted by Crippen LogP contribution is 2.22. The van der Waals surface area contributed by atoms with Gasteiger partial charge in [0.25, 0.3) is 0 Å². The highest BCUT2D eigenvalue weighted by Gasteiger charge is 2.34. The number of amides is 2. The first-order valence-electron chi connectivity index (χ1n) is 9.68. The van der Waals surface area contributed by atoms with Gasteiger partial charge in [0.15, 0.2) is 0 Å². The maximum absolute atomic E-state index is 12.7. The van der Waals surface area contributed by atoms with Crippen LogP contribution in [-0.2, 0) is 31.8 Å². The molecule has 0 aliphatic carbocycles. The number of anilines is 1. The molecule has 1 aliphatic rings. The highest BCUT2D eigenvalue weighted by molar-refractivity contribution is 7.88. The van der Waals surface area contributed by atoms with Crippen molar-refractivity contribution in [2.75, 3.05) is 18.4 Å². The van der Waals surface area contributed by atoms with Gasteiger partial charge in [-0.15, -0.1) is 17.9 Å². The summed E-state index contributed by atoms with van der Waals surface area (Å²) in [7, 11) is -3.44. The molecular formula is C21H25N3O4S2. The number of nitrogens with one attached hydrogen (secondary N) is 2.